The number of aryl methyl sites for hydroxylation is 1. The second kappa shape index (κ2) is 6.95. The first-order valence-corrected chi connectivity index (χ1v) is 8.26. The number of carbonyl (C=O) groups is 1. The van der Waals surface area contributed by atoms with Crippen molar-refractivity contribution in [1.29, 1.82) is 0 Å². The van der Waals surface area contributed by atoms with E-state index in [9.17, 15) is 14.4 Å². The predicted octanol–water partition coefficient (Wildman–Crippen LogP) is 1.75. The Bertz CT molecular complexity index is 1110. The smallest absolute Gasteiger partial charge is 0.321 e. The highest BCUT2D eigenvalue weighted by Gasteiger charge is 2.18. The minimum Gasteiger partial charge on any atom is -0.321 e. The molecule has 0 radical (unpaired) electrons. The van der Waals surface area contributed by atoms with E-state index in [0.717, 1.165) is 10.1 Å². The Morgan fingerprint density at radius 3 is 2.50 bits per heavy atom. The molecule has 0 N–H and O–H groups in total. The van der Waals surface area contributed by atoms with E-state index in [2.05, 4.69) is 4.98 Å². The second-order valence-electron chi connectivity index (χ2n) is 6.37. The largest absolute Gasteiger partial charge is 0.332 e. The lowest BCUT2D eigenvalue weighted by atomic mass is 10.1. The maximum absolute atomic E-state index is 12.9. The van der Waals surface area contributed by atoms with Crippen LogP contribution < -0.4 is 11.2 Å². The van der Waals surface area contributed by atoms with Gasteiger partial charge >= 0.3 is 5.69 Å². The summed E-state index contributed by atoms with van der Waals surface area (Å²) in [6.07, 6.45) is 3.50. The van der Waals surface area contributed by atoms with Crippen LogP contribution in [0.4, 0.5) is 0 Å². The monoisotopic (exact) mass is 352 g/mol. The third-order valence-corrected chi connectivity index (χ3v) is 4.20. The normalized spacial score (nSPS) is 10.9. The number of nitrogens with zero attached hydrogens (tertiary/aromatic N) is 4. The molecule has 7 heteroatoms. The number of fused-ring (bicyclic) bond motifs is 1. The quantitative estimate of drug-likeness (QED) is 0.518. The number of hydrogen-bond acceptors (Lipinski definition) is 4. The zero-order valence-electron chi connectivity index (χ0n) is 15.0. The van der Waals surface area contributed by atoms with Gasteiger partial charge < -0.3 is 4.57 Å². The molecule has 0 amide bonds. The number of carbonyl (C=O) groups excluding carboxylic acids is 1. The van der Waals surface area contributed by atoms with E-state index >= 15 is 0 Å². The van der Waals surface area contributed by atoms with Crippen LogP contribution in [0, 0.1) is 0 Å². The number of Topliss-reactive ketones (excluding diaryl/α,β-unsaturated/α-hetero) is 1. The number of hydrogen-bond donors (Lipinski definition) is 0. The van der Waals surface area contributed by atoms with Crippen molar-refractivity contribution in [3.05, 3.63) is 74.7 Å². The SMILES string of the molecule is CC(C)=CCn1cnc2c1c(=O)n(CC(=O)c1ccccc1)c(=O)n2C. The third-order valence-electron chi connectivity index (χ3n) is 4.20. The molecule has 2 heterocycles. The standard InChI is InChI=1S/C19H20N4O3/c1-13(2)9-10-22-12-20-17-16(22)18(25)23(19(26)21(17)3)11-15(24)14-7-5-4-6-8-14/h4-9,12H,10-11H2,1-3H3. The number of rotatable bonds is 5. The molecule has 0 aliphatic heterocycles. The molecule has 0 aliphatic carbocycles. The predicted molar refractivity (Wildman–Crippen MR) is 99.4 cm³/mol. The summed E-state index contributed by atoms with van der Waals surface area (Å²) in [6, 6.07) is 8.61. The maximum Gasteiger partial charge on any atom is 0.332 e. The van der Waals surface area contributed by atoms with Gasteiger partial charge in [0.2, 0.25) is 0 Å². The van der Waals surface area contributed by atoms with Crippen LogP contribution in [-0.2, 0) is 20.1 Å². The number of allylic oxidation sites excluding steroid dienone is 2. The lowest BCUT2D eigenvalue weighted by Gasteiger charge is -2.09. The summed E-state index contributed by atoms with van der Waals surface area (Å²) in [5.74, 6) is -0.292. The number of imidazole rings is 1. The van der Waals surface area contributed by atoms with E-state index in [1.165, 1.54) is 10.9 Å². The summed E-state index contributed by atoms with van der Waals surface area (Å²) in [5.41, 5.74) is 1.12. The molecule has 0 fully saturated rings. The fourth-order valence-electron chi connectivity index (χ4n) is 2.74. The maximum atomic E-state index is 12.9. The summed E-state index contributed by atoms with van der Waals surface area (Å²) in [5, 5.41) is 0. The molecular formula is C19H20N4O3. The van der Waals surface area contributed by atoms with Crippen molar-refractivity contribution >= 4 is 16.9 Å². The number of benzene rings is 1. The average Bonchev–Trinajstić information content (AvgIpc) is 3.06. The Morgan fingerprint density at radius 1 is 1.15 bits per heavy atom. The van der Waals surface area contributed by atoms with Gasteiger partial charge in [0, 0.05) is 19.2 Å². The van der Waals surface area contributed by atoms with Gasteiger partial charge in [-0.2, -0.15) is 0 Å². The van der Waals surface area contributed by atoms with Gasteiger partial charge in [-0.3, -0.25) is 18.7 Å². The summed E-state index contributed by atoms with van der Waals surface area (Å²) in [6.45, 7) is 4.09. The van der Waals surface area contributed by atoms with Crippen molar-refractivity contribution in [3.8, 4) is 0 Å². The first-order chi connectivity index (χ1) is 12.4. The van der Waals surface area contributed by atoms with E-state index < -0.39 is 11.2 Å². The van der Waals surface area contributed by atoms with Gasteiger partial charge in [0.05, 0.1) is 12.9 Å². The first-order valence-electron chi connectivity index (χ1n) is 8.26. The molecule has 2 aromatic heterocycles. The fourth-order valence-corrected chi connectivity index (χ4v) is 2.74. The van der Waals surface area contributed by atoms with Crippen molar-refractivity contribution in [1.82, 2.24) is 18.7 Å². The Morgan fingerprint density at radius 2 is 1.85 bits per heavy atom. The van der Waals surface area contributed by atoms with Crippen LogP contribution in [0.3, 0.4) is 0 Å². The summed E-state index contributed by atoms with van der Waals surface area (Å²) in [7, 11) is 1.55. The minimum atomic E-state index is -0.556. The first kappa shape index (κ1) is 17.6. The topological polar surface area (TPSA) is 78.9 Å². The molecule has 0 atom stereocenters. The molecule has 0 bridgehead atoms. The number of aromatic nitrogens is 4. The molecule has 0 saturated heterocycles. The molecule has 0 unspecified atom stereocenters. The summed E-state index contributed by atoms with van der Waals surface area (Å²) in [4.78, 5) is 42.1. The molecule has 3 aromatic rings. The van der Waals surface area contributed by atoms with Gasteiger partial charge in [-0.05, 0) is 13.8 Å². The Labute approximate surface area is 149 Å². The lowest BCUT2D eigenvalue weighted by molar-refractivity contribution is 0.0969. The van der Waals surface area contributed by atoms with Crippen LogP contribution in [0.1, 0.15) is 24.2 Å². The van der Waals surface area contributed by atoms with E-state index in [-0.39, 0.29) is 12.3 Å². The summed E-state index contributed by atoms with van der Waals surface area (Å²) < 4.78 is 3.96. The van der Waals surface area contributed by atoms with Gasteiger partial charge in [-0.25, -0.2) is 9.78 Å². The van der Waals surface area contributed by atoms with Crippen molar-refractivity contribution in [2.24, 2.45) is 7.05 Å². The molecule has 1 aromatic carbocycles. The van der Waals surface area contributed by atoms with E-state index in [1.54, 1.807) is 41.9 Å². The van der Waals surface area contributed by atoms with Crippen LogP contribution >= 0.6 is 0 Å². The molecule has 26 heavy (non-hydrogen) atoms. The Kier molecular flexibility index (Phi) is 4.71. The van der Waals surface area contributed by atoms with Crippen molar-refractivity contribution in [3.63, 3.8) is 0 Å². The van der Waals surface area contributed by atoms with Crippen LogP contribution in [0.2, 0.25) is 0 Å². The second-order valence-corrected chi connectivity index (χ2v) is 6.37. The van der Waals surface area contributed by atoms with Gasteiger partial charge in [0.25, 0.3) is 5.56 Å². The van der Waals surface area contributed by atoms with E-state index in [4.69, 9.17) is 0 Å². The minimum absolute atomic E-state index is 0.292. The van der Waals surface area contributed by atoms with Gasteiger partial charge in [0.1, 0.15) is 0 Å². The van der Waals surface area contributed by atoms with Crippen molar-refractivity contribution < 1.29 is 4.79 Å². The molecule has 134 valence electrons. The zero-order valence-corrected chi connectivity index (χ0v) is 15.0. The van der Waals surface area contributed by atoms with Gasteiger partial charge in [0.15, 0.2) is 16.9 Å². The zero-order chi connectivity index (χ0) is 18.8. The van der Waals surface area contributed by atoms with Gasteiger partial charge in [-0.15, -0.1) is 0 Å². The Balaban J connectivity index is 2.12. The van der Waals surface area contributed by atoms with E-state index in [1.807, 2.05) is 19.9 Å². The molecule has 0 aliphatic rings. The van der Waals surface area contributed by atoms with Crippen molar-refractivity contribution in [2.75, 3.05) is 0 Å². The van der Waals surface area contributed by atoms with Crippen molar-refractivity contribution in [2.45, 2.75) is 26.9 Å². The van der Waals surface area contributed by atoms with Crippen LogP contribution in [0.5, 0.6) is 0 Å². The fraction of sp³-hybridized carbons (Fsp3) is 0.263. The Hall–Kier alpha value is -3.22. The van der Waals surface area contributed by atoms with Crippen LogP contribution in [0.25, 0.3) is 11.2 Å². The highest BCUT2D eigenvalue weighted by Crippen LogP contribution is 2.07. The highest BCUT2D eigenvalue weighted by molar-refractivity contribution is 5.95. The van der Waals surface area contributed by atoms with E-state index in [0.29, 0.717) is 23.3 Å². The molecule has 3 rings (SSSR count). The molecule has 0 saturated carbocycles. The summed E-state index contributed by atoms with van der Waals surface area (Å²) >= 11 is 0. The van der Waals surface area contributed by atoms with Crippen LogP contribution in [-0.4, -0.2) is 24.5 Å². The lowest BCUT2D eigenvalue weighted by Crippen LogP contribution is -2.41. The molecule has 7 nitrogen and oxygen atoms in total. The average molecular weight is 352 g/mol. The third kappa shape index (κ3) is 3.15. The van der Waals surface area contributed by atoms with Gasteiger partial charge in [-0.1, -0.05) is 42.0 Å². The number of ketones is 1. The molecular weight excluding hydrogens is 332 g/mol. The van der Waals surface area contributed by atoms with Crippen LogP contribution in [0.15, 0.2) is 57.9 Å². The molecule has 0 spiro atoms. The highest BCUT2D eigenvalue weighted by atomic mass is 16.2.